The van der Waals surface area contributed by atoms with Crippen molar-refractivity contribution in [3.63, 3.8) is 0 Å². The summed E-state index contributed by atoms with van der Waals surface area (Å²) in [5.41, 5.74) is 14.3. The first-order valence-corrected chi connectivity index (χ1v) is 13.3. The molecule has 1 fully saturated rings. The lowest BCUT2D eigenvalue weighted by Gasteiger charge is -2.33. The molecule has 42 heavy (non-hydrogen) atoms. The van der Waals surface area contributed by atoms with Gasteiger partial charge in [0.25, 0.3) is 0 Å². The van der Waals surface area contributed by atoms with Crippen LogP contribution >= 0.6 is 0 Å². The minimum atomic E-state index is -4.56. The number of hydrogen-bond donors (Lipinski definition) is 4. The molecule has 5 rings (SSSR count). The molecule has 4 aromatic rings. The van der Waals surface area contributed by atoms with Gasteiger partial charge in [-0.2, -0.15) is 18.3 Å². The van der Waals surface area contributed by atoms with Crippen LogP contribution in [0, 0.1) is 0 Å². The number of amides is 2. The second-order valence-electron chi connectivity index (χ2n) is 10.3. The fraction of sp³-hybridized carbons (Fsp3) is 0.276. The maximum atomic E-state index is 13.9. The topological polar surface area (TPSA) is 130 Å². The van der Waals surface area contributed by atoms with Gasteiger partial charge in [0, 0.05) is 57.1 Å². The standard InChI is InChI=1S/C29H32F3N9O/c1-39-11-13-41(14-12-39)17-20-7-8-21(15-23(20)29(30,31)32)35-28(42)37-26-16-24(40(2)38-26)19-5-3-18(4-6-19)22-9-10-25(33)36-27(22)34/h3-10,15-16H,11-14,17H2,1-2H3,(H4,33,34,36)(H2,35,37,38,42). The van der Waals surface area contributed by atoms with Crippen LogP contribution in [0.1, 0.15) is 11.1 Å². The molecule has 6 N–H and O–H groups in total. The molecule has 2 aromatic heterocycles. The molecular weight excluding hydrogens is 547 g/mol. The Bertz CT molecular complexity index is 1580. The molecule has 1 saturated heterocycles. The Labute approximate surface area is 241 Å². The maximum absolute atomic E-state index is 13.9. The summed E-state index contributed by atoms with van der Waals surface area (Å²) in [6, 6.07) is 15.9. The van der Waals surface area contributed by atoms with Crippen LogP contribution in [-0.4, -0.2) is 63.8 Å². The van der Waals surface area contributed by atoms with Crippen LogP contribution in [0.2, 0.25) is 0 Å². The van der Waals surface area contributed by atoms with Gasteiger partial charge < -0.3 is 21.7 Å². The smallest absolute Gasteiger partial charge is 0.384 e. The molecule has 1 aliphatic heterocycles. The fourth-order valence-electron chi connectivity index (χ4n) is 4.94. The zero-order valence-electron chi connectivity index (χ0n) is 23.2. The van der Waals surface area contributed by atoms with E-state index in [0.29, 0.717) is 30.4 Å². The van der Waals surface area contributed by atoms with Crippen molar-refractivity contribution < 1.29 is 18.0 Å². The molecule has 0 spiro atoms. The molecule has 1 aliphatic rings. The Morgan fingerprint density at radius 2 is 1.60 bits per heavy atom. The third-order valence-corrected chi connectivity index (χ3v) is 7.22. The number of nitrogens with zero attached hydrogens (tertiary/aromatic N) is 5. The van der Waals surface area contributed by atoms with E-state index in [1.807, 2.05) is 36.2 Å². The van der Waals surface area contributed by atoms with Crippen LogP contribution in [0.25, 0.3) is 22.4 Å². The number of piperazine rings is 1. The van der Waals surface area contributed by atoms with E-state index in [9.17, 15) is 18.0 Å². The molecule has 2 amide bonds. The van der Waals surface area contributed by atoms with Crippen molar-refractivity contribution in [2.24, 2.45) is 7.05 Å². The van der Waals surface area contributed by atoms with Crippen molar-refractivity contribution in [3.05, 3.63) is 71.8 Å². The van der Waals surface area contributed by atoms with Crippen molar-refractivity contribution in [1.82, 2.24) is 24.6 Å². The van der Waals surface area contributed by atoms with E-state index < -0.39 is 17.8 Å². The highest BCUT2D eigenvalue weighted by Crippen LogP contribution is 2.35. The number of anilines is 4. The number of nitrogens with one attached hydrogen (secondary N) is 2. The summed E-state index contributed by atoms with van der Waals surface area (Å²) in [5, 5.41) is 9.42. The first-order valence-electron chi connectivity index (χ1n) is 13.3. The number of urea groups is 1. The average Bonchev–Trinajstić information content (AvgIpc) is 3.29. The lowest BCUT2D eigenvalue weighted by atomic mass is 10.0. The van der Waals surface area contributed by atoms with Gasteiger partial charge in [0.2, 0.25) is 0 Å². The number of rotatable bonds is 6. The number of carbonyl (C=O) groups excluding carboxylic acids is 1. The number of aromatic nitrogens is 3. The second-order valence-corrected chi connectivity index (χ2v) is 10.3. The number of likely N-dealkylation sites (N-methyl/N-ethyl adjacent to an activating group) is 1. The zero-order valence-corrected chi connectivity index (χ0v) is 23.2. The quantitative estimate of drug-likeness (QED) is 0.260. The van der Waals surface area contributed by atoms with E-state index in [1.165, 1.54) is 12.1 Å². The molecular formula is C29H32F3N9O. The summed E-state index contributed by atoms with van der Waals surface area (Å²) in [7, 11) is 3.72. The van der Waals surface area contributed by atoms with Crippen molar-refractivity contribution >= 4 is 29.2 Å². The van der Waals surface area contributed by atoms with Gasteiger partial charge >= 0.3 is 12.2 Å². The number of aryl methyl sites for hydroxylation is 1. The lowest BCUT2D eigenvalue weighted by Crippen LogP contribution is -2.44. The van der Waals surface area contributed by atoms with Crippen LogP contribution in [0.4, 0.5) is 41.1 Å². The SMILES string of the molecule is CN1CCN(Cc2ccc(NC(=O)Nc3cc(-c4ccc(-c5ccc(N)nc5N)cc4)n(C)n3)cc2C(F)(F)F)CC1. The molecule has 13 heteroatoms. The molecule has 2 aromatic carbocycles. The maximum Gasteiger partial charge on any atom is 0.416 e. The highest BCUT2D eigenvalue weighted by Gasteiger charge is 2.34. The summed E-state index contributed by atoms with van der Waals surface area (Å²) in [4.78, 5) is 20.9. The summed E-state index contributed by atoms with van der Waals surface area (Å²) in [6.07, 6.45) is -4.56. The molecule has 0 radical (unpaired) electrons. The molecule has 220 valence electrons. The molecule has 0 unspecified atom stereocenters. The third kappa shape index (κ3) is 6.64. The van der Waals surface area contributed by atoms with E-state index in [-0.39, 0.29) is 23.6 Å². The van der Waals surface area contributed by atoms with Crippen molar-refractivity contribution in [1.29, 1.82) is 0 Å². The van der Waals surface area contributed by atoms with Gasteiger partial charge in [-0.15, -0.1) is 0 Å². The molecule has 0 atom stereocenters. The molecule has 10 nitrogen and oxygen atoms in total. The van der Waals surface area contributed by atoms with Gasteiger partial charge in [0.1, 0.15) is 11.6 Å². The highest BCUT2D eigenvalue weighted by molar-refractivity contribution is 5.99. The Morgan fingerprint density at radius 3 is 2.26 bits per heavy atom. The molecule has 0 saturated carbocycles. The van der Waals surface area contributed by atoms with E-state index in [0.717, 1.165) is 35.8 Å². The van der Waals surface area contributed by atoms with Gasteiger partial charge in [-0.25, -0.2) is 9.78 Å². The van der Waals surface area contributed by atoms with Gasteiger partial charge in [0.15, 0.2) is 5.82 Å². The van der Waals surface area contributed by atoms with Gasteiger partial charge in [0.05, 0.1) is 11.3 Å². The minimum absolute atomic E-state index is 0.0325. The van der Waals surface area contributed by atoms with Crippen LogP contribution < -0.4 is 22.1 Å². The van der Waals surface area contributed by atoms with Gasteiger partial charge in [-0.1, -0.05) is 30.3 Å². The number of hydrogen-bond acceptors (Lipinski definition) is 7. The zero-order chi connectivity index (χ0) is 30.0. The number of halogens is 3. The van der Waals surface area contributed by atoms with E-state index in [2.05, 4.69) is 25.6 Å². The Morgan fingerprint density at radius 1 is 0.905 bits per heavy atom. The van der Waals surface area contributed by atoms with Crippen LogP contribution in [-0.2, 0) is 19.8 Å². The number of carbonyl (C=O) groups is 1. The van der Waals surface area contributed by atoms with E-state index >= 15 is 0 Å². The molecule has 0 aliphatic carbocycles. The Kier molecular flexibility index (Phi) is 8.05. The highest BCUT2D eigenvalue weighted by atomic mass is 19.4. The molecule has 0 bridgehead atoms. The van der Waals surface area contributed by atoms with Crippen molar-refractivity contribution in [2.45, 2.75) is 12.7 Å². The average molecular weight is 580 g/mol. The summed E-state index contributed by atoms with van der Waals surface area (Å²) in [6.45, 7) is 3.19. The summed E-state index contributed by atoms with van der Waals surface area (Å²) < 4.78 is 43.3. The predicted octanol–water partition coefficient (Wildman–Crippen LogP) is 4.72. The minimum Gasteiger partial charge on any atom is -0.384 e. The van der Waals surface area contributed by atoms with Crippen LogP contribution in [0.3, 0.4) is 0 Å². The van der Waals surface area contributed by atoms with E-state index in [1.54, 1.807) is 29.9 Å². The van der Waals surface area contributed by atoms with Crippen molar-refractivity contribution in [2.75, 3.05) is 55.3 Å². The molecule has 3 heterocycles. The number of nitrogen functional groups attached to an aromatic ring is 2. The largest absolute Gasteiger partial charge is 0.416 e. The van der Waals surface area contributed by atoms with Gasteiger partial charge in [-0.3, -0.25) is 14.9 Å². The monoisotopic (exact) mass is 579 g/mol. The predicted molar refractivity (Wildman–Crippen MR) is 158 cm³/mol. The number of nitrogens with two attached hydrogens (primary N) is 2. The first-order chi connectivity index (χ1) is 20.0. The number of alkyl halides is 3. The Balaban J connectivity index is 1.26. The summed E-state index contributed by atoms with van der Waals surface area (Å²) >= 11 is 0. The first kappa shape index (κ1) is 28.9. The van der Waals surface area contributed by atoms with Crippen LogP contribution in [0.5, 0.6) is 0 Å². The third-order valence-electron chi connectivity index (χ3n) is 7.22. The van der Waals surface area contributed by atoms with Crippen molar-refractivity contribution in [3.8, 4) is 22.4 Å². The lowest BCUT2D eigenvalue weighted by molar-refractivity contribution is -0.138. The normalized spacial score (nSPS) is 14.6. The number of pyridine rings is 1. The van der Waals surface area contributed by atoms with E-state index in [4.69, 9.17) is 11.5 Å². The van der Waals surface area contributed by atoms with Crippen LogP contribution in [0.15, 0.2) is 60.7 Å². The Hall–Kier alpha value is -4.62. The summed E-state index contributed by atoms with van der Waals surface area (Å²) in [5.74, 6) is 0.905. The number of benzene rings is 2. The fourth-order valence-corrected chi connectivity index (χ4v) is 4.94. The second kappa shape index (κ2) is 11.7. The van der Waals surface area contributed by atoms with Gasteiger partial charge in [-0.05, 0) is 48.0 Å².